The van der Waals surface area contributed by atoms with Crippen LogP contribution in [-0.2, 0) is 27.8 Å². The quantitative estimate of drug-likeness (QED) is 0.654. The van der Waals surface area contributed by atoms with Crippen molar-refractivity contribution < 1.29 is 13.2 Å². The van der Waals surface area contributed by atoms with Crippen molar-refractivity contribution in [2.24, 2.45) is 5.92 Å². The normalized spacial score (nSPS) is 16.5. The average Bonchev–Trinajstić information content (AvgIpc) is 3.32. The second kappa shape index (κ2) is 8.63. The van der Waals surface area contributed by atoms with Crippen molar-refractivity contribution in [2.45, 2.75) is 36.9 Å². The fourth-order valence-electron chi connectivity index (χ4n) is 3.20. The minimum atomic E-state index is -3.43. The van der Waals surface area contributed by atoms with Crippen molar-refractivity contribution in [1.29, 1.82) is 0 Å². The average molecular weight is 430 g/mol. The standard InChI is InChI=1S/C16H23N5O3S3/c1-2-21-13(18-19-16(21)25)5-8-17-15(22)12-6-9-20(10-7-12)27(23,24)14-4-3-11-26-14/h3-4,11-12H,2,5-10H2,1H3,(H,17,22)(H,19,25). The highest BCUT2D eigenvalue weighted by molar-refractivity contribution is 7.91. The predicted octanol–water partition coefficient (Wildman–Crippen LogP) is 1.78. The van der Waals surface area contributed by atoms with E-state index in [1.807, 2.05) is 11.5 Å². The van der Waals surface area contributed by atoms with Gasteiger partial charge >= 0.3 is 0 Å². The van der Waals surface area contributed by atoms with Gasteiger partial charge in [0.05, 0.1) is 0 Å². The van der Waals surface area contributed by atoms with Crippen LogP contribution in [0.15, 0.2) is 21.7 Å². The third-order valence-corrected chi connectivity index (χ3v) is 8.30. The Labute approximate surface area is 167 Å². The van der Waals surface area contributed by atoms with Gasteiger partial charge in [0.25, 0.3) is 10.0 Å². The van der Waals surface area contributed by atoms with Crippen LogP contribution in [0.25, 0.3) is 0 Å². The topological polar surface area (TPSA) is 100 Å². The van der Waals surface area contributed by atoms with Gasteiger partial charge in [0, 0.05) is 38.5 Å². The summed E-state index contributed by atoms with van der Waals surface area (Å²) >= 11 is 6.37. The first kappa shape index (κ1) is 20.2. The van der Waals surface area contributed by atoms with Crippen LogP contribution in [0.3, 0.4) is 0 Å². The Balaban J connectivity index is 1.48. The van der Waals surface area contributed by atoms with Gasteiger partial charge in [-0.15, -0.1) is 11.3 Å². The summed E-state index contributed by atoms with van der Waals surface area (Å²) in [6, 6.07) is 3.35. The molecule has 0 bridgehead atoms. The number of nitrogens with zero attached hydrogens (tertiary/aromatic N) is 3. The van der Waals surface area contributed by atoms with E-state index in [1.54, 1.807) is 17.5 Å². The summed E-state index contributed by atoms with van der Waals surface area (Å²) in [5, 5.41) is 11.6. The number of nitrogens with one attached hydrogen (secondary N) is 2. The number of hydrogen-bond acceptors (Lipinski definition) is 6. The predicted molar refractivity (Wildman–Crippen MR) is 106 cm³/mol. The van der Waals surface area contributed by atoms with Crippen LogP contribution in [-0.4, -0.2) is 53.0 Å². The lowest BCUT2D eigenvalue weighted by atomic mass is 9.97. The smallest absolute Gasteiger partial charge is 0.252 e. The number of thiophene rings is 1. The molecule has 11 heteroatoms. The monoisotopic (exact) mass is 429 g/mol. The van der Waals surface area contributed by atoms with E-state index in [4.69, 9.17) is 12.2 Å². The zero-order chi connectivity index (χ0) is 19.4. The minimum Gasteiger partial charge on any atom is -0.355 e. The molecule has 0 spiro atoms. The number of sulfonamides is 1. The summed E-state index contributed by atoms with van der Waals surface area (Å²) in [6.07, 6.45) is 1.66. The van der Waals surface area contributed by atoms with E-state index in [9.17, 15) is 13.2 Å². The van der Waals surface area contributed by atoms with E-state index in [0.29, 0.717) is 47.9 Å². The van der Waals surface area contributed by atoms with Crippen LogP contribution in [0.4, 0.5) is 0 Å². The number of carbonyl (C=O) groups is 1. The largest absolute Gasteiger partial charge is 0.355 e. The molecule has 3 heterocycles. The van der Waals surface area contributed by atoms with Crippen LogP contribution >= 0.6 is 23.6 Å². The summed E-state index contributed by atoms with van der Waals surface area (Å²) in [5.74, 6) is 0.631. The van der Waals surface area contributed by atoms with Crippen LogP contribution < -0.4 is 5.32 Å². The Hall–Kier alpha value is -1.56. The molecule has 1 aliphatic heterocycles. The van der Waals surface area contributed by atoms with Crippen molar-refractivity contribution in [3.63, 3.8) is 0 Å². The molecule has 2 aromatic heterocycles. The van der Waals surface area contributed by atoms with Gasteiger partial charge in [0.15, 0.2) is 4.77 Å². The second-order valence-corrected chi connectivity index (χ2v) is 9.84. The van der Waals surface area contributed by atoms with Gasteiger partial charge in [0.1, 0.15) is 10.0 Å². The Bertz CT molecular complexity index is 925. The number of amides is 1. The summed E-state index contributed by atoms with van der Waals surface area (Å²) in [6.45, 7) is 3.94. The van der Waals surface area contributed by atoms with E-state index in [2.05, 4.69) is 15.5 Å². The molecule has 1 aliphatic rings. The number of aromatic nitrogens is 3. The van der Waals surface area contributed by atoms with E-state index >= 15 is 0 Å². The highest BCUT2D eigenvalue weighted by atomic mass is 32.2. The molecule has 0 atom stereocenters. The number of aromatic amines is 1. The molecule has 1 saturated heterocycles. The Morgan fingerprint density at radius 3 is 2.81 bits per heavy atom. The fraction of sp³-hybridized carbons (Fsp3) is 0.562. The van der Waals surface area contributed by atoms with Gasteiger partial charge < -0.3 is 9.88 Å². The Morgan fingerprint density at radius 2 is 2.19 bits per heavy atom. The maximum Gasteiger partial charge on any atom is 0.252 e. The molecular formula is C16H23N5O3S3. The van der Waals surface area contributed by atoms with E-state index in [1.165, 1.54) is 15.6 Å². The van der Waals surface area contributed by atoms with Crippen LogP contribution in [0.5, 0.6) is 0 Å². The molecule has 0 aliphatic carbocycles. The molecule has 27 heavy (non-hydrogen) atoms. The third kappa shape index (κ3) is 4.48. The number of rotatable bonds is 7. The van der Waals surface area contributed by atoms with Crippen molar-refractivity contribution in [2.75, 3.05) is 19.6 Å². The van der Waals surface area contributed by atoms with Gasteiger partial charge in [-0.1, -0.05) is 6.07 Å². The van der Waals surface area contributed by atoms with Crippen molar-refractivity contribution in [1.82, 2.24) is 24.4 Å². The maximum atomic E-state index is 12.5. The van der Waals surface area contributed by atoms with E-state index < -0.39 is 10.0 Å². The number of H-pyrrole nitrogens is 1. The first-order chi connectivity index (χ1) is 12.9. The molecule has 0 radical (unpaired) electrons. The molecule has 8 nitrogen and oxygen atoms in total. The molecular weight excluding hydrogens is 406 g/mol. The van der Waals surface area contributed by atoms with Gasteiger partial charge in [-0.05, 0) is 43.4 Å². The Kier molecular flexibility index (Phi) is 6.45. The van der Waals surface area contributed by atoms with Crippen LogP contribution in [0, 0.1) is 10.7 Å². The van der Waals surface area contributed by atoms with Gasteiger partial charge in [-0.25, -0.2) is 8.42 Å². The zero-order valence-corrected chi connectivity index (χ0v) is 17.5. The highest BCUT2D eigenvalue weighted by Gasteiger charge is 2.32. The maximum absolute atomic E-state index is 12.5. The minimum absolute atomic E-state index is 0.0275. The lowest BCUT2D eigenvalue weighted by Gasteiger charge is -2.30. The van der Waals surface area contributed by atoms with E-state index in [0.717, 1.165) is 12.4 Å². The lowest BCUT2D eigenvalue weighted by molar-refractivity contribution is -0.126. The molecule has 0 aromatic carbocycles. The second-order valence-electron chi connectivity index (χ2n) is 6.34. The third-order valence-electron chi connectivity index (χ3n) is 4.72. The summed E-state index contributed by atoms with van der Waals surface area (Å²) in [5.41, 5.74) is 0. The van der Waals surface area contributed by atoms with Gasteiger partial charge in [0.2, 0.25) is 5.91 Å². The summed E-state index contributed by atoms with van der Waals surface area (Å²) < 4.78 is 29.4. The SMILES string of the molecule is CCn1c(CCNC(=O)C2CCN(S(=O)(=O)c3cccs3)CC2)n[nH]c1=S. The first-order valence-corrected chi connectivity index (χ1v) is 11.6. The molecule has 2 N–H and O–H groups in total. The van der Waals surface area contributed by atoms with Crippen LogP contribution in [0.1, 0.15) is 25.6 Å². The van der Waals surface area contributed by atoms with E-state index in [-0.39, 0.29) is 11.8 Å². The molecule has 148 valence electrons. The van der Waals surface area contributed by atoms with Crippen LogP contribution in [0.2, 0.25) is 0 Å². The zero-order valence-electron chi connectivity index (χ0n) is 15.1. The Morgan fingerprint density at radius 1 is 1.44 bits per heavy atom. The first-order valence-electron chi connectivity index (χ1n) is 8.89. The van der Waals surface area contributed by atoms with Crippen molar-refractivity contribution in [3.05, 3.63) is 28.1 Å². The fourth-order valence-corrected chi connectivity index (χ4v) is 6.10. The van der Waals surface area contributed by atoms with Gasteiger partial charge in [-0.2, -0.15) is 9.40 Å². The lowest BCUT2D eigenvalue weighted by Crippen LogP contribution is -2.43. The molecule has 0 saturated carbocycles. The number of hydrogen-bond donors (Lipinski definition) is 2. The molecule has 1 amide bonds. The van der Waals surface area contributed by atoms with Crippen molar-refractivity contribution in [3.8, 4) is 0 Å². The highest BCUT2D eigenvalue weighted by Crippen LogP contribution is 2.26. The number of carbonyl (C=O) groups excluding carboxylic acids is 1. The molecule has 0 unspecified atom stereocenters. The molecule has 2 aromatic rings. The summed E-state index contributed by atoms with van der Waals surface area (Å²) in [7, 11) is -3.43. The van der Waals surface area contributed by atoms with Gasteiger partial charge in [-0.3, -0.25) is 9.89 Å². The molecule has 1 fully saturated rings. The molecule has 3 rings (SSSR count). The summed E-state index contributed by atoms with van der Waals surface area (Å²) in [4.78, 5) is 12.4. The number of piperidine rings is 1. The van der Waals surface area contributed by atoms with Crippen molar-refractivity contribution >= 4 is 39.5 Å².